The minimum absolute atomic E-state index is 0.00196. The summed E-state index contributed by atoms with van der Waals surface area (Å²) in [6.07, 6.45) is 5.44. The van der Waals surface area contributed by atoms with E-state index in [4.69, 9.17) is 5.26 Å². The van der Waals surface area contributed by atoms with Gasteiger partial charge in [-0.3, -0.25) is 9.48 Å². The van der Waals surface area contributed by atoms with Crippen LogP contribution in [0.3, 0.4) is 0 Å². The average molecular weight is 487 g/mol. The Bertz CT molecular complexity index is 1260. The summed E-state index contributed by atoms with van der Waals surface area (Å²) in [5.74, 6) is -0.0470. The molecule has 0 unspecified atom stereocenters. The van der Waals surface area contributed by atoms with E-state index in [2.05, 4.69) is 31.4 Å². The molecule has 1 aliphatic heterocycles. The van der Waals surface area contributed by atoms with Gasteiger partial charge in [0.2, 0.25) is 5.91 Å². The van der Waals surface area contributed by atoms with Crippen LogP contribution in [0.25, 0.3) is 28.1 Å². The van der Waals surface area contributed by atoms with Crippen molar-refractivity contribution in [3.63, 3.8) is 0 Å². The average Bonchev–Trinajstić information content (AvgIpc) is 3.47. The molecule has 0 radical (unpaired) electrons. The van der Waals surface area contributed by atoms with E-state index in [1.54, 1.807) is 11.1 Å². The van der Waals surface area contributed by atoms with E-state index in [0.717, 1.165) is 4.68 Å². The van der Waals surface area contributed by atoms with Gasteiger partial charge in [0.05, 0.1) is 30.7 Å². The summed E-state index contributed by atoms with van der Waals surface area (Å²) in [4.78, 5) is 26.5. The lowest BCUT2D eigenvalue weighted by atomic mass is 9.98. The maximum atomic E-state index is 12.7. The molecule has 4 heterocycles. The molecule has 2 N–H and O–H groups in total. The molecular weight excluding hydrogens is 461 g/mol. The van der Waals surface area contributed by atoms with Crippen molar-refractivity contribution >= 4 is 22.8 Å². The van der Waals surface area contributed by atoms with Crippen LogP contribution in [0.1, 0.15) is 31.7 Å². The Hall–Kier alpha value is -3.88. The van der Waals surface area contributed by atoms with Gasteiger partial charge in [0.1, 0.15) is 12.1 Å². The first-order chi connectivity index (χ1) is 16.8. The Morgan fingerprint density at radius 2 is 2.11 bits per heavy atom. The van der Waals surface area contributed by atoms with E-state index in [-0.39, 0.29) is 18.4 Å². The smallest absolute Gasteiger partial charge is 0.376 e. The lowest BCUT2D eigenvalue weighted by molar-refractivity contribution is -0.142. The highest BCUT2D eigenvalue weighted by molar-refractivity contribution is 5.89. The van der Waals surface area contributed by atoms with Crippen LogP contribution in [0, 0.1) is 17.2 Å². The number of hydrogen-bond acceptors (Lipinski definition) is 6. The van der Waals surface area contributed by atoms with Gasteiger partial charge >= 0.3 is 6.18 Å². The van der Waals surface area contributed by atoms with Crippen molar-refractivity contribution in [3.05, 3.63) is 36.4 Å². The SMILES string of the molecule is CC/C=C(/NCC(=O)N1CCC(C#N)CC1)c1c[nH]c2ncc(-c3cnn(CC(F)(F)F)c3)nc12. The number of hydrogen-bond donors (Lipinski definition) is 2. The number of piperidine rings is 1. The Kier molecular flexibility index (Phi) is 7.04. The van der Waals surface area contributed by atoms with Crippen molar-refractivity contribution in [2.24, 2.45) is 5.92 Å². The first-order valence-electron chi connectivity index (χ1n) is 11.3. The fourth-order valence-electron chi connectivity index (χ4n) is 4.02. The molecule has 0 aromatic carbocycles. The second kappa shape index (κ2) is 10.2. The molecule has 4 rings (SSSR count). The number of fused-ring (bicyclic) bond motifs is 1. The maximum absolute atomic E-state index is 12.7. The van der Waals surface area contributed by atoms with Gasteiger partial charge in [-0.15, -0.1) is 0 Å². The van der Waals surface area contributed by atoms with E-state index in [0.29, 0.717) is 66.0 Å². The van der Waals surface area contributed by atoms with Gasteiger partial charge in [0, 0.05) is 48.2 Å². The molecule has 0 aliphatic carbocycles. The molecule has 0 saturated carbocycles. The highest BCUT2D eigenvalue weighted by Gasteiger charge is 2.28. The summed E-state index contributed by atoms with van der Waals surface area (Å²) < 4.78 is 38.8. The highest BCUT2D eigenvalue weighted by atomic mass is 19.4. The van der Waals surface area contributed by atoms with E-state index >= 15 is 0 Å². The van der Waals surface area contributed by atoms with Gasteiger partial charge in [0.25, 0.3) is 0 Å². The minimum Gasteiger partial charge on any atom is -0.376 e. The van der Waals surface area contributed by atoms with Crippen LogP contribution >= 0.6 is 0 Å². The Morgan fingerprint density at radius 1 is 1.34 bits per heavy atom. The topological polar surface area (TPSA) is 116 Å². The van der Waals surface area contributed by atoms with Gasteiger partial charge in [-0.25, -0.2) is 9.97 Å². The van der Waals surface area contributed by atoms with Crippen molar-refractivity contribution in [3.8, 4) is 17.3 Å². The number of aromatic nitrogens is 5. The molecule has 9 nitrogen and oxygen atoms in total. The molecule has 3 aromatic heterocycles. The molecule has 0 atom stereocenters. The first-order valence-corrected chi connectivity index (χ1v) is 11.3. The fraction of sp³-hybridized carbons (Fsp3) is 0.435. The predicted octanol–water partition coefficient (Wildman–Crippen LogP) is 3.49. The number of alkyl halides is 3. The van der Waals surface area contributed by atoms with Crippen LogP contribution in [-0.2, 0) is 11.3 Å². The van der Waals surface area contributed by atoms with E-state index in [9.17, 15) is 18.0 Å². The van der Waals surface area contributed by atoms with Gasteiger partial charge in [-0.2, -0.15) is 23.5 Å². The van der Waals surface area contributed by atoms with Crippen LogP contribution in [0.15, 0.2) is 30.9 Å². The summed E-state index contributed by atoms with van der Waals surface area (Å²) >= 11 is 0. The molecule has 35 heavy (non-hydrogen) atoms. The zero-order chi connectivity index (χ0) is 25.0. The number of likely N-dealkylation sites (tertiary alicyclic amines) is 1. The molecule has 1 aliphatic rings. The molecule has 0 bridgehead atoms. The Morgan fingerprint density at radius 3 is 2.80 bits per heavy atom. The maximum Gasteiger partial charge on any atom is 0.408 e. The number of aromatic amines is 1. The van der Waals surface area contributed by atoms with Crippen LogP contribution in [0.4, 0.5) is 13.2 Å². The number of allylic oxidation sites excluding steroid dienone is 1. The number of rotatable bonds is 7. The molecule has 3 aromatic rings. The summed E-state index contributed by atoms with van der Waals surface area (Å²) in [5, 5.41) is 16.0. The third-order valence-corrected chi connectivity index (χ3v) is 5.81. The number of carbonyl (C=O) groups is 1. The van der Waals surface area contributed by atoms with Gasteiger partial charge in [-0.05, 0) is 19.3 Å². The normalized spacial score (nSPS) is 15.4. The minimum atomic E-state index is -4.37. The largest absolute Gasteiger partial charge is 0.408 e. The standard InChI is InChI=1S/C23H25F3N8O/c1-2-3-18(28-12-20(35)33-6-4-15(8-27)5-7-33)17-10-29-22-21(17)32-19(11-30-22)16-9-31-34(13-16)14-23(24,25)26/h3,9-11,13,15,28H,2,4-7,12,14H2,1H3,(H,29,30)/b18-3+. The lowest BCUT2D eigenvalue weighted by Gasteiger charge is -2.29. The van der Waals surface area contributed by atoms with Crippen LogP contribution in [-0.4, -0.2) is 61.4 Å². The quantitative estimate of drug-likeness (QED) is 0.528. The lowest BCUT2D eigenvalue weighted by Crippen LogP contribution is -2.42. The number of H-pyrrole nitrogens is 1. The molecule has 184 valence electrons. The summed E-state index contributed by atoms with van der Waals surface area (Å²) in [5.41, 5.74) is 3.26. The van der Waals surface area contributed by atoms with Crippen LogP contribution in [0.5, 0.6) is 0 Å². The predicted molar refractivity (Wildman–Crippen MR) is 122 cm³/mol. The molecule has 1 amide bonds. The molecule has 1 saturated heterocycles. The van der Waals surface area contributed by atoms with Gasteiger partial charge in [-0.1, -0.05) is 13.0 Å². The third kappa shape index (κ3) is 5.79. The van der Waals surface area contributed by atoms with Crippen molar-refractivity contribution < 1.29 is 18.0 Å². The Balaban J connectivity index is 1.52. The zero-order valence-electron chi connectivity index (χ0n) is 19.1. The highest BCUT2D eigenvalue weighted by Crippen LogP contribution is 2.26. The number of halogens is 3. The zero-order valence-corrected chi connectivity index (χ0v) is 19.1. The summed E-state index contributed by atoms with van der Waals surface area (Å²) in [6, 6.07) is 2.26. The van der Waals surface area contributed by atoms with E-state index in [1.165, 1.54) is 18.6 Å². The summed E-state index contributed by atoms with van der Waals surface area (Å²) in [6.45, 7) is 2.00. The second-order valence-corrected chi connectivity index (χ2v) is 8.36. The van der Waals surface area contributed by atoms with Gasteiger partial charge in [0.15, 0.2) is 5.65 Å². The molecule has 1 fully saturated rings. The summed E-state index contributed by atoms with van der Waals surface area (Å²) in [7, 11) is 0. The van der Waals surface area contributed by atoms with Gasteiger partial charge < -0.3 is 15.2 Å². The van der Waals surface area contributed by atoms with E-state index < -0.39 is 12.7 Å². The monoisotopic (exact) mass is 486 g/mol. The van der Waals surface area contributed by atoms with Crippen molar-refractivity contribution in [1.29, 1.82) is 5.26 Å². The van der Waals surface area contributed by atoms with Crippen LogP contribution in [0.2, 0.25) is 0 Å². The second-order valence-electron chi connectivity index (χ2n) is 8.36. The molecule has 0 spiro atoms. The van der Waals surface area contributed by atoms with Crippen LogP contribution < -0.4 is 5.32 Å². The fourth-order valence-corrected chi connectivity index (χ4v) is 4.02. The Labute approximate surface area is 199 Å². The number of carbonyl (C=O) groups excluding carboxylic acids is 1. The number of nitrogens with zero attached hydrogens (tertiary/aromatic N) is 6. The van der Waals surface area contributed by atoms with Crippen molar-refractivity contribution in [2.75, 3.05) is 19.6 Å². The first kappa shape index (κ1) is 24.3. The number of nitriles is 1. The molecular formula is C23H25F3N8O. The third-order valence-electron chi connectivity index (χ3n) is 5.81. The molecule has 12 heteroatoms. The van der Waals surface area contributed by atoms with E-state index in [1.807, 2.05) is 13.0 Å². The van der Waals surface area contributed by atoms with Crippen molar-refractivity contribution in [1.82, 2.24) is 34.9 Å². The van der Waals surface area contributed by atoms with Crippen molar-refractivity contribution in [2.45, 2.75) is 38.9 Å². The number of amides is 1. The number of nitrogens with one attached hydrogen (secondary N) is 2.